The fraction of sp³-hybridized carbons (Fsp3) is 0.625. The molecule has 0 amide bonds. The lowest BCUT2D eigenvalue weighted by Gasteiger charge is -2.03. The summed E-state index contributed by atoms with van der Waals surface area (Å²) in [7, 11) is 2.19. The van der Waals surface area contributed by atoms with Gasteiger partial charge in [0.25, 0.3) is 0 Å². The van der Waals surface area contributed by atoms with Crippen molar-refractivity contribution in [1.29, 1.82) is 0 Å². The SMILES string of the molecule is CCCCCCCCCPPc1ccc(C)cc1. The van der Waals surface area contributed by atoms with E-state index in [-0.39, 0.29) is 0 Å². The third kappa shape index (κ3) is 8.23. The van der Waals surface area contributed by atoms with Gasteiger partial charge in [0.15, 0.2) is 0 Å². The highest BCUT2D eigenvalue weighted by Crippen LogP contribution is 2.36. The molecule has 2 atom stereocenters. The molecule has 0 bridgehead atoms. The van der Waals surface area contributed by atoms with Crippen LogP contribution in [-0.4, -0.2) is 6.16 Å². The summed E-state index contributed by atoms with van der Waals surface area (Å²) in [6.07, 6.45) is 11.5. The second-order valence-electron chi connectivity index (χ2n) is 5.04. The first-order valence-electron chi connectivity index (χ1n) is 7.38. The maximum atomic E-state index is 2.30. The molecule has 0 N–H and O–H groups in total. The van der Waals surface area contributed by atoms with Gasteiger partial charge in [0.1, 0.15) is 0 Å². The summed E-state index contributed by atoms with van der Waals surface area (Å²) in [5, 5.41) is 1.54. The monoisotopic (exact) mass is 282 g/mol. The standard InChI is InChI=1S/C16H28P2/c1-3-4-5-6-7-8-9-14-17-18-16-12-10-15(2)11-13-16/h10-13,17-18H,3-9,14H2,1-2H3. The number of hydrogen-bond donors (Lipinski definition) is 0. The minimum absolute atomic E-state index is 1.04. The van der Waals surface area contributed by atoms with Gasteiger partial charge in [-0.2, -0.15) is 0 Å². The van der Waals surface area contributed by atoms with Crippen molar-refractivity contribution in [2.45, 2.75) is 58.8 Å². The molecule has 0 saturated carbocycles. The van der Waals surface area contributed by atoms with E-state index in [0.717, 1.165) is 16.5 Å². The van der Waals surface area contributed by atoms with Crippen LogP contribution in [0, 0.1) is 6.92 Å². The molecule has 0 radical (unpaired) electrons. The predicted octanol–water partition coefficient (Wildman–Crippen LogP) is 5.64. The molecule has 1 aromatic carbocycles. The Kier molecular flexibility index (Phi) is 9.82. The Morgan fingerprint density at radius 3 is 2.11 bits per heavy atom. The molecule has 0 fully saturated rings. The van der Waals surface area contributed by atoms with Crippen molar-refractivity contribution < 1.29 is 0 Å². The highest BCUT2D eigenvalue weighted by Gasteiger charge is 1.94. The molecular weight excluding hydrogens is 254 g/mol. The molecule has 0 aliphatic carbocycles. The van der Waals surface area contributed by atoms with Crippen molar-refractivity contribution in [3.8, 4) is 0 Å². The zero-order chi connectivity index (χ0) is 13.1. The number of rotatable bonds is 10. The predicted molar refractivity (Wildman–Crippen MR) is 90.3 cm³/mol. The topological polar surface area (TPSA) is 0 Å². The van der Waals surface area contributed by atoms with Crippen molar-refractivity contribution >= 4 is 21.8 Å². The van der Waals surface area contributed by atoms with Crippen molar-refractivity contribution in [2.75, 3.05) is 6.16 Å². The third-order valence-electron chi connectivity index (χ3n) is 3.19. The second-order valence-corrected chi connectivity index (χ2v) is 8.53. The maximum absolute atomic E-state index is 2.30. The van der Waals surface area contributed by atoms with Gasteiger partial charge in [-0.05, 0) is 24.8 Å². The van der Waals surface area contributed by atoms with Crippen LogP contribution in [-0.2, 0) is 0 Å². The molecule has 0 nitrogen and oxygen atoms in total. The Labute approximate surface area is 117 Å². The van der Waals surface area contributed by atoms with E-state index < -0.39 is 0 Å². The molecule has 0 spiro atoms. The average Bonchev–Trinajstić information content (AvgIpc) is 2.39. The number of unbranched alkanes of at least 4 members (excludes halogenated alkanes) is 6. The number of benzene rings is 1. The third-order valence-corrected chi connectivity index (χ3v) is 6.74. The van der Waals surface area contributed by atoms with Gasteiger partial charge in [0, 0.05) is 0 Å². The van der Waals surface area contributed by atoms with Gasteiger partial charge in [0.2, 0.25) is 0 Å². The van der Waals surface area contributed by atoms with E-state index in [4.69, 9.17) is 0 Å². The first-order chi connectivity index (χ1) is 8.83. The zero-order valence-corrected chi connectivity index (χ0v) is 14.0. The van der Waals surface area contributed by atoms with E-state index in [9.17, 15) is 0 Å². The lowest BCUT2D eigenvalue weighted by atomic mass is 10.1. The van der Waals surface area contributed by atoms with Crippen LogP contribution in [0.15, 0.2) is 24.3 Å². The van der Waals surface area contributed by atoms with Crippen LogP contribution in [0.2, 0.25) is 0 Å². The van der Waals surface area contributed by atoms with Gasteiger partial charge in [-0.3, -0.25) is 0 Å². The van der Waals surface area contributed by atoms with Crippen LogP contribution < -0.4 is 5.30 Å². The summed E-state index contributed by atoms with van der Waals surface area (Å²) < 4.78 is 0. The Balaban J connectivity index is 1.91. The Bertz CT molecular complexity index is 292. The summed E-state index contributed by atoms with van der Waals surface area (Å²) >= 11 is 0. The lowest BCUT2D eigenvalue weighted by molar-refractivity contribution is 0.603. The van der Waals surface area contributed by atoms with E-state index in [1.54, 1.807) is 5.30 Å². The Morgan fingerprint density at radius 1 is 0.833 bits per heavy atom. The number of aryl methyl sites for hydroxylation is 1. The van der Waals surface area contributed by atoms with Crippen LogP contribution >= 0.6 is 16.5 Å². The quantitative estimate of drug-likeness (QED) is 0.384. The van der Waals surface area contributed by atoms with Gasteiger partial charge >= 0.3 is 0 Å². The van der Waals surface area contributed by atoms with Crippen molar-refractivity contribution in [3.05, 3.63) is 29.8 Å². The van der Waals surface area contributed by atoms with Gasteiger partial charge in [-0.1, -0.05) is 91.8 Å². The fourth-order valence-corrected chi connectivity index (χ4v) is 5.08. The maximum Gasteiger partial charge on any atom is -0.0230 e. The van der Waals surface area contributed by atoms with Crippen LogP contribution in [0.5, 0.6) is 0 Å². The highest BCUT2D eigenvalue weighted by atomic mass is 32.0. The van der Waals surface area contributed by atoms with Gasteiger partial charge < -0.3 is 0 Å². The Morgan fingerprint density at radius 2 is 1.44 bits per heavy atom. The van der Waals surface area contributed by atoms with Crippen LogP contribution in [0.4, 0.5) is 0 Å². The molecule has 102 valence electrons. The molecule has 0 heterocycles. The van der Waals surface area contributed by atoms with Crippen LogP contribution in [0.1, 0.15) is 57.4 Å². The molecule has 1 rings (SSSR count). The van der Waals surface area contributed by atoms with E-state index in [2.05, 4.69) is 38.1 Å². The largest absolute Gasteiger partial charge is 0.0946 e. The first kappa shape index (κ1) is 16.1. The summed E-state index contributed by atoms with van der Waals surface area (Å²) in [5.74, 6) is 0. The minimum atomic E-state index is 1.04. The molecule has 2 unspecified atom stereocenters. The second kappa shape index (κ2) is 11.0. The van der Waals surface area contributed by atoms with Crippen molar-refractivity contribution in [3.63, 3.8) is 0 Å². The van der Waals surface area contributed by atoms with E-state index >= 15 is 0 Å². The molecule has 0 saturated heterocycles. The Hall–Kier alpha value is 0.0800. The summed E-state index contributed by atoms with van der Waals surface area (Å²) in [5.41, 5.74) is 1.37. The minimum Gasteiger partial charge on any atom is -0.0946 e. The van der Waals surface area contributed by atoms with E-state index in [1.807, 2.05) is 0 Å². The molecule has 0 aliphatic heterocycles. The van der Waals surface area contributed by atoms with Crippen LogP contribution in [0.3, 0.4) is 0 Å². The fourth-order valence-electron chi connectivity index (χ4n) is 1.97. The first-order valence-corrected chi connectivity index (χ1v) is 10.6. The van der Waals surface area contributed by atoms with Crippen LogP contribution in [0.25, 0.3) is 0 Å². The lowest BCUT2D eigenvalue weighted by Crippen LogP contribution is -1.90. The molecule has 18 heavy (non-hydrogen) atoms. The highest BCUT2D eigenvalue weighted by molar-refractivity contribution is 8.15. The van der Waals surface area contributed by atoms with Crippen molar-refractivity contribution in [1.82, 2.24) is 0 Å². The molecule has 0 aromatic heterocycles. The average molecular weight is 282 g/mol. The van der Waals surface area contributed by atoms with Gasteiger partial charge in [-0.25, -0.2) is 0 Å². The van der Waals surface area contributed by atoms with E-state index in [0.29, 0.717) is 0 Å². The summed E-state index contributed by atoms with van der Waals surface area (Å²) in [6, 6.07) is 9.07. The molecule has 0 aliphatic rings. The smallest absolute Gasteiger partial charge is 0.0230 e. The zero-order valence-electron chi connectivity index (χ0n) is 12.0. The molecule has 1 aromatic rings. The van der Waals surface area contributed by atoms with Gasteiger partial charge in [-0.15, -0.1) is 0 Å². The molecule has 2 heteroatoms. The molecular formula is C16H28P2. The van der Waals surface area contributed by atoms with E-state index in [1.165, 1.54) is 56.7 Å². The van der Waals surface area contributed by atoms with Crippen molar-refractivity contribution in [2.24, 2.45) is 0 Å². The number of hydrogen-bond acceptors (Lipinski definition) is 0. The van der Waals surface area contributed by atoms with Gasteiger partial charge in [0.05, 0.1) is 0 Å². The summed E-state index contributed by atoms with van der Waals surface area (Å²) in [4.78, 5) is 0. The summed E-state index contributed by atoms with van der Waals surface area (Å²) in [6.45, 7) is 4.45. The normalized spacial score (nSPS) is 12.1.